The van der Waals surface area contributed by atoms with Crippen LogP contribution in [-0.2, 0) is 19.3 Å². The van der Waals surface area contributed by atoms with Crippen molar-refractivity contribution in [3.05, 3.63) is 57.8 Å². The number of hydrogen-bond acceptors (Lipinski definition) is 2. The highest BCUT2D eigenvalue weighted by molar-refractivity contribution is 7.09. The van der Waals surface area contributed by atoms with E-state index in [0.29, 0.717) is 12.1 Å². The molecule has 1 heterocycles. The van der Waals surface area contributed by atoms with Crippen LogP contribution >= 0.6 is 11.3 Å². The molecule has 1 nitrogen and oxygen atoms in total. The van der Waals surface area contributed by atoms with E-state index in [1.165, 1.54) is 28.8 Å². The van der Waals surface area contributed by atoms with Crippen molar-refractivity contribution in [3.63, 3.8) is 0 Å². The second-order valence-electron chi connectivity index (χ2n) is 5.23. The number of fused-ring (bicyclic) bond motifs is 1. The molecule has 0 fully saturated rings. The summed E-state index contributed by atoms with van der Waals surface area (Å²) in [5.74, 6) is 0. The highest BCUT2D eigenvalue weighted by Gasteiger charge is 2.21. The minimum Gasteiger partial charge on any atom is -0.310 e. The molecule has 1 aliphatic carbocycles. The molecule has 94 valence electrons. The third-order valence-electron chi connectivity index (χ3n) is 3.66. The molecule has 1 atom stereocenters. The Morgan fingerprint density at radius 2 is 1.89 bits per heavy atom. The van der Waals surface area contributed by atoms with E-state index in [0.717, 1.165) is 6.42 Å². The van der Waals surface area contributed by atoms with E-state index < -0.39 is 0 Å². The standard InChI is InChI=1S/C16H19NS/c1-12(9-16-7-4-8-18-16)17-15-10-13-5-2-3-6-14(13)11-15/h2-8,12,15,17H,9-11H2,1H3. The third-order valence-corrected chi connectivity index (χ3v) is 4.56. The van der Waals surface area contributed by atoms with Gasteiger partial charge in [-0.15, -0.1) is 11.3 Å². The summed E-state index contributed by atoms with van der Waals surface area (Å²) in [7, 11) is 0. The molecule has 3 rings (SSSR count). The van der Waals surface area contributed by atoms with Gasteiger partial charge in [-0.3, -0.25) is 0 Å². The van der Waals surface area contributed by atoms with Crippen molar-refractivity contribution in [1.82, 2.24) is 5.32 Å². The Morgan fingerprint density at radius 3 is 2.50 bits per heavy atom. The monoisotopic (exact) mass is 257 g/mol. The summed E-state index contributed by atoms with van der Waals surface area (Å²) in [5.41, 5.74) is 3.05. The maximum atomic E-state index is 3.77. The summed E-state index contributed by atoms with van der Waals surface area (Å²) in [5, 5.41) is 5.93. The summed E-state index contributed by atoms with van der Waals surface area (Å²) >= 11 is 1.86. The van der Waals surface area contributed by atoms with Gasteiger partial charge in [0.25, 0.3) is 0 Å². The van der Waals surface area contributed by atoms with E-state index in [-0.39, 0.29) is 0 Å². The Kier molecular flexibility index (Phi) is 3.48. The zero-order chi connectivity index (χ0) is 12.4. The molecule has 2 aromatic rings. The predicted molar refractivity (Wildman–Crippen MR) is 78.3 cm³/mol. The van der Waals surface area contributed by atoms with Gasteiger partial charge in [0.05, 0.1) is 0 Å². The molecule has 1 unspecified atom stereocenters. The number of rotatable bonds is 4. The fourth-order valence-electron chi connectivity index (χ4n) is 2.87. The fraction of sp³-hybridized carbons (Fsp3) is 0.375. The Hall–Kier alpha value is -1.12. The van der Waals surface area contributed by atoms with Gasteiger partial charge in [-0.1, -0.05) is 30.3 Å². The van der Waals surface area contributed by atoms with Crippen molar-refractivity contribution < 1.29 is 0 Å². The van der Waals surface area contributed by atoms with E-state index in [1.54, 1.807) is 0 Å². The SMILES string of the molecule is CC(Cc1cccs1)NC1Cc2ccccc2C1. The Bertz CT molecular complexity index is 479. The average Bonchev–Trinajstić information content (AvgIpc) is 2.96. The lowest BCUT2D eigenvalue weighted by Crippen LogP contribution is -2.38. The highest BCUT2D eigenvalue weighted by atomic mass is 32.1. The minimum absolute atomic E-state index is 0.558. The van der Waals surface area contributed by atoms with E-state index >= 15 is 0 Å². The average molecular weight is 257 g/mol. The third kappa shape index (κ3) is 2.65. The summed E-state index contributed by atoms with van der Waals surface area (Å²) in [6.45, 7) is 2.29. The largest absolute Gasteiger partial charge is 0.310 e. The molecule has 1 aromatic carbocycles. The quantitative estimate of drug-likeness (QED) is 0.885. The Morgan fingerprint density at radius 1 is 1.17 bits per heavy atom. The van der Waals surface area contributed by atoms with E-state index in [9.17, 15) is 0 Å². The molecule has 0 spiro atoms. The van der Waals surface area contributed by atoms with Gasteiger partial charge in [-0.25, -0.2) is 0 Å². The second kappa shape index (κ2) is 5.25. The lowest BCUT2D eigenvalue weighted by atomic mass is 10.1. The maximum Gasteiger partial charge on any atom is 0.0151 e. The molecule has 0 aliphatic heterocycles. The molecular formula is C16H19NS. The van der Waals surface area contributed by atoms with Crippen LogP contribution in [0.4, 0.5) is 0 Å². The van der Waals surface area contributed by atoms with Crippen molar-refractivity contribution in [2.45, 2.75) is 38.3 Å². The Labute approximate surface area is 113 Å². The van der Waals surface area contributed by atoms with Gasteiger partial charge < -0.3 is 5.32 Å². The first kappa shape index (κ1) is 11.9. The first-order chi connectivity index (χ1) is 8.81. The van der Waals surface area contributed by atoms with Crippen LogP contribution in [0.3, 0.4) is 0 Å². The van der Waals surface area contributed by atoms with Crippen LogP contribution in [-0.4, -0.2) is 12.1 Å². The first-order valence-corrected chi connectivity index (χ1v) is 7.54. The van der Waals surface area contributed by atoms with Gasteiger partial charge >= 0.3 is 0 Å². The molecule has 0 saturated heterocycles. The summed E-state index contributed by atoms with van der Waals surface area (Å²) in [6, 6.07) is 14.4. The van der Waals surface area contributed by atoms with Crippen molar-refractivity contribution in [3.8, 4) is 0 Å². The van der Waals surface area contributed by atoms with Crippen LogP contribution in [0.2, 0.25) is 0 Å². The van der Waals surface area contributed by atoms with Crippen molar-refractivity contribution in [1.29, 1.82) is 0 Å². The first-order valence-electron chi connectivity index (χ1n) is 6.66. The van der Waals surface area contributed by atoms with Crippen LogP contribution in [0, 0.1) is 0 Å². The fourth-order valence-corrected chi connectivity index (χ4v) is 3.70. The van der Waals surface area contributed by atoms with Crippen molar-refractivity contribution in [2.24, 2.45) is 0 Å². The molecule has 18 heavy (non-hydrogen) atoms. The molecule has 1 aliphatic rings. The molecule has 0 amide bonds. The van der Waals surface area contributed by atoms with E-state index in [4.69, 9.17) is 0 Å². The molecular weight excluding hydrogens is 238 g/mol. The molecule has 1 N–H and O–H groups in total. The van der Waals surface area contributed by atoms with Gasteiger partial charge in [-0.05, 0) is 48.8 Å². The zero-order valence-corrected chi connectivity index (χ0v) is 11.5. The van der Waals surface area contributed by atoms with Crippen LogP contribution < -0.4 is 5.32 Å². The van der Waals surface area contributed by atoms with Gasteiger partial charge in [0.15, 0.2) is 0 Å². The van der Waals surface area contributed by atoms with Gasteiger partial charge in [0, 0.05) is 17.0 Å². The van der Waals surface area contributed by atoms with Crippen molar-refractivity contribution >= 4 is 11.3 Å². The van der Waals surface area contributed by atoms with E-state index in [1.807, 2.05) is 11.3 Å². The summed E-state index contributed by atoms with van der Waals surface area (Å²) < 4.78 is 0. The second-order valence-corrected chi connectivity index (χ2v) is 6.26. The van der Waals surface area contributed by atoms with Crippen molar-refractivity contribution in [2.75, 3.05) is 0 Å². The molecule has 0 radical (unpaired) electrons. The van der Waals surface area contributed by atoms with Gasteiger partial charge in [0.1, 0.15) is 0 Å². The van der Waals surface area contributed by atoms with E-state index in [2.05, 4.69) is 54.0 Å². The lowest BCUT2D eigenvalue weighted by Gasteiger charge is -2.18. The lowest BCUT2D eigenvalue weighted by molar-refractivity contribution is 0.455. The van der Waals surface area contributed by atoms with Crippen LogP contribution in [0.25, 0.3) is 0 Å². The smallest absolute Gasteiger partial charge is 0.0151 e. The van der Waals surface area contributed by atoms with Gasteiger partial charge in [0.2, 0.25) is 0 Å². The topological polar surface area (TPSA) is 12.0 Å². The van der Waals surface area contributed by atoms with Crippen LogP contribution in [0.5, 0.6) is 0 Å². The minimum atomic E-state index is 0.558. The number of hydrogen-bond donors (Lipinski definition) is 1. The molecule has 1 aromatic heterocycles. The van der Waals surface area contributed by atoms with Gasteiger partial charge in [-0.2, -0.15) is 0 Å². The maximum absolute atomic E-state index is 3.77. The summed E-state index contributed by atoms with van der Waals surface area (Å²) in [6.07, 6.45) is 3.51. The summed E-state index contributed by atoms with van der Waals surface area (Å²) in [4.78, 5) is 1.48. The van der Waals surface area contributed by atoms with Crippen LogP contribution in [0.15, 0.2) is 41.8 Å². The molecule has 0 saturated carbocycles. The number of benzene rings is 1. The predicted octanol–water partition coefficient (Wildman–Crippen LogP) is 3.44. The Balaban J connectivity index is 1.56. The van der Waals surface area contributed by atoms with Crippen LogP contribution in [0.1, 0.15) is 22.9 Å². The zero-order valence-electron chi connectivity index (χ0n) is 10.7. The number of thiophene rings is 1. The molecule has 0 bridgehead atoms. The molecule has 2 heteroatoms. The highest BCUT2D eigenvalue weighted by Crippen LogP contribution is 2.22. The normalized spacial score (nSPS) is 16.7. The number of nitrogens with one attached hydrogen (secondary N) is 1.